The lowest BCUT2D eigenvalue weighted by Crippen LogP contribution is -2.44. The number of anilines is 1. The number of ether oxygens (including phenoxy) is 3. The number of carbonyl (C=O) groups excluding carboxylic acids is 1. The van der Waals surface area contributed by atoms with Gasteiger partial charge in [-0.25, -0.2) is 8.42 Å². The van der Waals surface area contributed by atoms with Crippen LogP contribution in [0.3, 0.4) is 0 Å². The molecule has 0 saturated carbocycles. The summed E-state index contributed by atoms with van der Waals surface area (Å²) in [5.74, 6) is 1.04. The molecule has 1 amide bonds. The van der Waals surface area contributed by atoms with Gasteiger partial charge in [0, 0.05) is 44.2 Å². The first-order valence-electron chi connectivity index (χ1n) is 11.6. The monoisotopic (exact) mass is 488 g/mol. The average Bonchev–Trinajstić information content (AvgIpc) is 2.85. The summed E-state index contributed by atoms with van der Waals surface area (Å²) >= 11 is 0. The number of nitrogens with zero attached hydrogens (tertiary/aromatic N) is 1. The fourth-order valence-corrected chi connectivity index (χ4v) is 5.49. The molecular weight excluding hydrogens is 456 g/mol. The predicted molar refractivity (Wildman–Crippen MR) is 130 cm³/mol. The molecule has 1 saturated heterocycles. The highest BCUT2D eigenvalue weighted by Gasteiger charge is 2.34. The van der Waals surface area contributed by atoms with Crippen LogP contribution in [0.5, 0.6) is 11.5 Å². The van der Waals surface area contributed by atoms with Gasteiger partial charge in [0.2, 0.25) is 15.9 Å². The number of benzene rings is 2. The number of hydrogen-bond acceptors (Lipinski definition) is 6. The Morgan fingerprint density at radius 2 is 1.71 bits per heavy atom. The van der Waals surface area contributed by atoms with E-state index in [9.17, 15) is 13.2 Å². The summed E-state index contributed by atoms with van der Waals surface area (Å²) in [5, 5.41) is 3.09. The molecule has 0 unspecified atom stereocenters. The molecule has 0 aromatic heterocycles. The Labute approximate surface area is 201 Å². The smallest absolute Gasteiger partial charge is 0.232 e. The van der Waals surface area contributed by atoms with Crippen molar-refractivity contribution >= 4 is 21.6 Å². The number of nitrogens with one attached hydrogen (secondary N) is 1. The molecule has 184 valence electrons. The minimum atomic E-state index is -3.53. The molecule has 2 aromatic carbocycles. The standard InChI is InChI=1S/C25H32N2O6S/c1-34(29,30)27(21-9-10-22-23(18-21)33-17-16-32-22)13-5-8-24(28)26-19-25(11-14-31-15-12-25)20-6-3-2-4-7-20/h2-4,6-7,9-10,18H,5,8,11-17,19H2,1H3,(H,26,28). The van der Waals surface area contributed by atoms with E-state index in [1.165, 1.54) is 16.1 Å². The van der Waals surface area contributed by atoms with E-state index in [2.05, 4.69) is 17.4 Å². The number of carbonyl (C=O) groups is 1. The molecule has 1 N–H and O–H groups in total. The van der Waals surface area contributed by atoms with Crippen molar-refractivity contribution in [1.82, 2.24) is 5.32 Å². The van der Waals surface area contributed by atoms with Crippen LogP contribution in [0.25, 0.3) is 0 Å². The van der Waals surface area contributed by atoms with Gasteiger partial charge in [-0.15, -0.1) is 0 Å². The number of rotatable bonds is 9. The second kappa shape index (κ2) is 10.7. The van der Waals surface area contributed by atoms with Gasteiger partial charge in [0.25, 0.3) is 0 Å². The van der Waals surface area contributed by atoms with Gasteiger partial charge < -0.3 is 19.5 Å². The Bertz CT molecular complexity index is 1080. The zero-order chi connectivity index (χ0) is 24.0. The van der Waals surface area contributed by atoms with Gasteiger partial charge >= 0.3 is 0 Å². The lowest BCUT2D eigenvalue weighted by molar-refractivity contribution is -0.121. The maximum absolute atomic E-state index is 12.7. The van der Waals surface area contributed by atoms with Gasteiger partial charge in [0.05, 0.1) is 11.9 Å². The molecule has 0 bridgehead atoms. The van der Waals surface area contributed by atoms with E-state index in [1.807, 2.05) is 18.2 Å². The molecule has 0 aliphatic carbocycles. The molecule has 0 atom stereocenters. The van der Waals surface area contributed by atoms with Gasteiger partial charge in [-0.1, -0.05) is 30.3 Å². The second-order valence-electron chi connectivity index (χ2n) is 8.80. The molecule has 8 nitrogen and oxygen atoms in total. The molecule has 2 heterocycles. The number of amides is 1. The Hall–Kier alpha value is -2.78. The van der Waals surface area contributed by atoms with Crippen molar-refractivity contribution in [2.45, 2.75) is 31.1 Å². The molecule has 1 fully saturated rings. The summed E-state index contributed by atoms with van der Waals surface area (Å²) in [4.78, 5) is 12.7. The average molecular weight is 489 g/mol. The van der Waals surface area contributed by atoms with E-state index in [0.717, 1.165) is 12.8 Å². The molecule has 2 aromatic rings. The van der Waals surface area contributed by atoms with Crippen LogP contribution in [0, 0.1) is 0 Å². The summed E-state index contributed by atoms with van der Waals surface area (Å²) in [6, 6.07) is 15.3. The van der Waals surface area contributed by atoms with Crippen LogP contribution in [0.4, 0.5) is 5.69 Å². The van der Waals surface area contributed by atoms with Gasteiger partial charge in [-0.05, 0) is 37.0 Å². The van der Waals surface area contributed by atoms with Crippen LogP contribution in [-0.2, 0) is 25.0 Å². The number of fused-ring (bicyclic) bond motifs is 1. The van der Waals surface area contributed by atoms with Crippen LogP contribution in [0.15, 0.2) is 48.5 Å². The third-order valence-electron chi connectivity index (χ3n) is 6.44. The van der Waals surface area contributed by atoms with Crippen molar-refractivity contribution in [3.63, 3.8) is 0 Å². The number of sulfonamides is 1. The molecule has 2 aliphatic heterocycles. The van der Waals surface area contributed by atoms with Crippen molar-refractivity contribution in [2.75, 3.05) is 50.1 Å². The topological polar surface area (TPSA) is 94.2 Å². The summed E-state index contributed by atoms with van der Waals surface area (Å²) in [6.07, 6.45) is 3.50. The molecule has 34 heavy (non-hydrogen) atoms. The van der Waals surface area contributed by atoms with Crippen molar-refractivity contribution in [3.05, 3.63) is 54.1 Å². The first-order valence-corrected chi connectivity index (χ1v) is 13.5. The van der Waals surface area contributed by atoms with E-state index in [-0.39, 0.29) is 24.3 Å². The molecule has 2 aliphatic rings. The lowest BCUT2D eigenvalue weighted by Gasteiger charge is -2.38. The predicted octanol–water partition coefficient (Wildman–Crippen LogP) is 2.87. The maximum atomic E-state index is 12.7. The molecule has 0 spiro atoms. The lowest BCUT2D eigenvalue weighted by atomic mass is 9.74. The molecule has 0 radical (unpaired) electrons. The quantitative estimate of drug-likeness (QED) is 0.583. The Balaban J connectivity index is 1.35. The highest BCUT2D eigenvalue weighted by molar-refractivity contribution is 7.92. The highest BCUT2D eigenvalue weighted by Crippen LogP contribution is 2.35. The fourth-order valence-electron chi connectivity index (χ4n) is 4.53. The minimum Gasteiger partial charge on any atom is -0.486 e. The SMILES string of the molecule is CS(=O)(=O)N(CCCC(=O)NCC1(c2ccccc2)CCOCC1)c1ccc2c(c1)OCCO2. The summed E-state index contributed by atoms with van der Waals surface area (Å²) < 4.78 is 42.9. The second-order valence-corrected chi connectivity index (χ2v) is 10.7. The third-order valence-corrected chi connectivity index (χ3v) is 7.63. The highest BCUT2D eigenvalue weighted by atomic mass is 32.2. The Morgan fingerprint density at radius 1 is 1.00 bits per heavy atom. The number of hydrogen-bond donors (Lipinski definition) is 1. The third kappa shape index (κ3) is 5.82. The van der Waals surface area contributed by atoms with Crippen LogP contribution < -0.4 is 19.1 Å². The van der Waals surface area contributed by atoms with Crippen molar-refractivity contribution in [2.24, 2.45) is 0 Å². The van der Waals surface area contributed by atoms with Crippen LogP contribution >= 0.6 is 0 Å². The molecular formula is C25H32N2O6S. The van der Waals surface area contributed by atoms with E-state index in [0.29, 0.717) is 56.6 Å². The first-order chi connectivity index (χ1) is 16.4. The van der Waals surface area contributed by atoms with Crippen LogP contribution in [0.2, 0.25) is 0 Å². The van der Waals surface area contributed by atoms with Crippen molar-refractivity contribution in [3.8, 4) is 11.5 Å². The van der Waals surface area contributed by atoms with Gasteiger partial charge in [-0.3, -0.25) is 9.10 Å². The minimum absolute atomic E-state index is 0.0857. The first kappa shape index (κ1) is 24.3. The van der Waals surface area contributed by atoms with E-state index >= 15 is 0 Å². The van der Waals surface area contributed by atoms with Crippen molar-refractivity contribution < 1.29 is 27.4 Å². The van der Waals surface area contributed by atoms with Gasteiger partial charge in [-0.2, -0.15) is 0 Å². The summed E-state index contributed by atoms with van der Waals surface area (Å²) in [7, 11) is -3.53. The van der Waals surface area contributed by atoms with E-state index in [4.69, 9.17) is 14.2 Å². The zero-order valence-corrected chi connectivity index (χ0v) is 20.3. The molecule has 4 rings (SSSR count). The Kier molecular flexibility index (Phi) is 7.63. The fraction of sp³-hybridized carbons (Fsp3) is 0.480. The maximum Gasteiger partial charge on any atom is 0.232 e. The summed E-state index contributed by atoms with van der Waals surface area (Å²) in [5.41, 5.74) is 1.57. The largest absolute Gasteiger partial charge is 0.486 e. The van der Waals surface area contributed by atoms with Crippen molar-refractivity contribution in [1.29, 1.82) is 0 Å². The van der Waals surface area contributed by atoms with Gasteiger partial charge in [0.1, 0.15) is 13.2 Å². The van der Waals surface area contributed by atoms with Crippen LogP contribution in [-0.4, -0.2) is 60.1 Å². The Morgan fingerprint density at radius 3 is 2.41 bits per heavy atom. The van der Waals surface area contributed by atoms with E-state index in [1.54, 1.807) is 18.2 Å². The van der Waals surface area contributed by atoms with E-state index < -0.39 is 10.0 Å². The summed E-state index contributed by atoms with van der Waals surface area (Å²) in [6.45, 7) is 2.97. The van der Waals surface area contributed by atoms with Gasteiger partial charge in [0.15, 0.2) is 11.5 Å². The normalized spacial score (nSPS) is 17.1. The van der Waals surface area contributed by atoms with Crippen LogP contribution in [0.1, 0.15) is 31.2 Å². The zero-order valence-electron chi connectivity index (χ0n) is 19.5. The molecule has 9 heteroatoms.